The van der Waals surface area contributed by atoms with Gasteiger partial charge in [-0.25, -0.2) is 8.42 Å². The molecule has 0 spiro atoms. The number of anilines is 2. The summed E-state index contributed by atoms with van der Waals surface area (Å²) in [6, 6.07) is 25.0. The molecule has 4 aromatic rings. The first-order valence-electron chi connectivity index (χ1n) is 13.3. The smallest absolute Gasteiger partial charge is 0.289 e. The fourth-order valence-corrected chi connectivity index (χ4v) is 6.00. The van der Waals surface area contributed by atoms with Gasteiger partial charge in [0.15, 0.2) is 4.90 Å². The van der Waals surface area contributed by atoms with Crippen molar-refractivity contribution in [3.63, 3.8) is 0 Å². The second kappa shape index (κ2) is 14.2. The van der Waals surface area contributed by atoms with Crippen molar-refractivity contribution in [1.82, 2.24) is 5.32 Å². The van der Waals surface area contributed by atoms with Gasteiger partial charge >= 0.3 is 0 Å². The van der Waals surface area contributed by atoms with E-state index in [9.17, 15) is 28.1 Å². The highest BCUT2D eigenvalue weighted by molar-refractivity contribution is 7.93. The monoisotopic (exact) mass is 618 g/mol. The Labute approximate surface area is 254 Å². The van der Waals surface area contributed by atoms with E-state index in [0.717, 1.165) is 17.7 Å². The van der Waals surface area contributed by atoms with E-state index in [-0.39, 0.29) is 22.7 Å². The number of nitrogens with zero attached hydrogens (tertiary/aromatic N) is 2. The number of rotatable bonds is 13. The first-order valence-corrected chi connectivity index (χ1v) is 14.8. The molecule has 0 aliphatic carbocycles. The van der Waals surface area contributed by atoms with Crippen LogP contribution < -0.4 is 24.4 Å². The summed E-state index contributed by atoms with van der Waals surface area (Å²) >= 11 is 0. The van der Waals surface area contributed by atoms with Crippen molar-refractivity contribution in [1.29, 1.82) is 0 Å². The van der Waals surface area contributed by atoms with Gasteiger partial charge in [-0.3, -0.25) is 24.0 Å². The van der Waals surface area contributed by atoms with Crippen LogP contribution in [0.15, 0.2) is 102 Å². The number of ether oxygens (including phenoxy) is 2. The molecular weight excluding hydrogens is 588 g/mol. The minimum absolute atomic E-state index is 0.0394. The van der Waals surface area contributed by atoms with Crippen LogP contribution in [0.4, 0.5) is 17.1 Å². The summed E-state index contributed by atoms with van der Waals surface area (Å²) in [6.07, 6.45) is 0.600. The third kappa shape index (κ3) is 7.31. The average molecular weight is 619 g/mol. The molecule has 0 aliphatic heterocycles. The van der Waals surface area contributed by atoms with Crippen molar-refractivity contribution in [2.45, 2.75) is 11.3 Å². The lowest BCUT2D eigenvalue weighted by Gasteiger charge is -2.26. The van der Waals surface area contributed by atoms with E-state index in [1.807, 2.05) is 30.3 Å². The highest BCUT2D eigenvalue weighted by Gasteiger charge is 2.35. The number of methoxy groups -OCH3 is 2. The number of nitrogens with one attached hydrogen (secondary N) is 2. The van der Waals surface area contributed by atoms with Crippen LogP contribution in [0.1, 0.15) is 15.9 Å². The van der Waals surface area contributed by atoms with Crippen LogP contribution in [-0.2, 0) is 21.2 Å². The number of carbonyl (C=O) groups is 2. The molecule has 0 heterocycles. The number of para-hydroxylation sites is 2. The summed E-state index contributed by atoms with van der Waals surface area (Å²) in [4.78, 5) is 36.7. The third-order valence-corrected chi connectivity index (χ3v) is 8.37. The van der Waals surface area contributed by atoms with Crippen LogP contribution in [0.5, 0.6) is 11.5 Å². The van der Waals surface area contributed by atoms with Crippen molar-refractivity contribution < 1.29 is 32.4 Å². The molecular formula is C31H30N4O8S. The van der Waals surface area contributed by atoms with E-state index in [0.29, 0.717) is 23.0 Å². The average Bonchev–Trinajstić information content (AvgIpc) is 3.04. The minimum atomic E-state index is -4.70. The van der Waals surface area contributed by atoms with Gasteiger partial charge in [0.25, 0.3) is 21.6 Å². The lowest BCUT2D eigenvalue weighted by molar-refractivity contribution is -0.387. The number of amides is 2. The number of nitro groups is 1. The van der Waals surface area contributed by atoms with Crippen LogP contribution in [-0.4, -0.2) is 52.5 Å². The Morgan fingerprint density at radius 2 is 1.57 bits per heavy atom. The van der Waals surface area contributed by atoms with Crippen molar-refractivity contribution in [3.05, 3.63) is 118 Å². The Bertz CT molecular complexity index is 1760. The quantitative estimate of drug-likeness (QED) is 0.165. The zero-order chi connectivity index (χ0) is 31.7. The molecule has 4 rings (SSSR count). The Hall–Kier alpha value is -5.43. The van der Waals surface area contributed by atoms with Gasteiger partial charge in [0.1, 0.15) is 18.0 Å². The van der Waals surface area contributed by atoms with Gasteiger partial charge in [-0.1, -0.05) is 54.6 Å². The Morgan fingerprint density at radius 3 is 2.27 bits per heavy atom. The molecule has 0 aromatic heterocycles. The molecule has 0 radical (unpaired) electrons. The van der Waals surface area contributed by atoms with Crippen LogP contribution in [0.3, 0.4) is 0 Å². The molecule has 12 nitrogen and oxygen atoms in total. The number of hydrogen-bond donors (Lipinski definition) is 2. The van der Waals surface area contributed by atoms with E-state index in [2.05, 4.69) is 10.6 Å². The van der Waals surface area contributed by atoms with Crippen molar-refractivity contribution >= 4 is 38.9 Å². The first kappa shape index (κ1) is 31.5. The van der Waals surface area contributed by atoms with Gasteiger partial charge in [0.05, 0.1) is 36.1 Å². The second-order valence-electron chi connectivity index (χ2n) is 9.36. The molecule has 0 atom stereocenters. The number of benzene rings is 4. The lowest BCUT2D eigenvalue weighted by Crippen LogP contribution is -2.39. The topological polar surface area (TPSA) is 157 Å². The molecule has 4 aromatic carbocycles. The molecule has 0 unspecified atom stereocenters. The van der Waals surface area contributed by atoms with Crippen molar-refractivity contribution in [3.8, 4) is 11.5 Å². The summed E-state index contributed by atoms with van der Waals surface area (Å²) < 4.78 is 39.3. The van der Waals surface area contributed by atoms with Crippen LogP contribution >= 0.6 is 0 Å². The highest BCUT2D eigenvalue weighted by Crippen LogP contribution is 2.37. The van der Waals surface area contributed by atoms with Gasteiger partial charge in [-0.05, 0) is 42.3 Å². The second-order valence-corrected chi connectivity index (χ2v) is 11.2. The third-order valence-electron chi connectivity index (χ3n) is 6.56. The lowest BCUT2D eigenvalue weighted by atomic mass is 10.1. The molecule has 0 saturated heterocycles. The molecule has 0 bridgehead atoms. The fraction of sp³-hybridized carbons (Fsp3) is 0.161. The maximum absolute atomic E-state index is 14.0. The Kier molecular flexibility index (Phi) is 10.1. The first-order chi connectivity index (χ1) is 21.1. The predicted molar refractivity (Wildman–Crippen MR) is 165 cm³/mol. The fourth-order valence-electron chi connectivity index (χ4n) is 4.41. The van der Waals surface area contributed by atoms with E-state index in [1.54, 1.807) is 12.1 Å². The van der Waals surface area contributed by atoms with E-state index in [4.69, 9.17) is 9.47 Å². The summed E-state index contributed by atoms with van der Waals surface area (Å²) in [7, 11) is -1.98. The summed E-state index contributed by atoms with van der Waals surface area (Å²) in [5.74, 6) is -0.851. The minimum Gasteiger partial charge on any atom is -0.497 e. The van der Waals surface area contributed by atoms with Crippen LogP contribution in [0.2, 0.25) is 0 Å². The van der Waals surface area contributed by atoms with E-state index in [1.165, 1.54) is 56.7 Å². The maximum atomic E-state index is 14.0. The predicted octanol–water partition coefficient (Wildman–Crippen LogP) is 4.42. The summed E-state index contributed by atoms with van der Waals surface area (Å²) in [6.45, 7) is -0.453. The van der Waals surface area contributed by atoms with Gasteiger partial charge in [-0.2, -0.15) is 0 Å². The van der Waals surface area contributed by atoms with Crippen molar-refractivity contribution in [2.24, 2.45) is 0 Å². The Morgan fingerprint density at radius 1 is 0.886 bits per heavy atom. The van der Waals surface area contributed by atoms with E-state index >= 15 is 0 Å². The van der Waals surface area contributed by atoms with Gasteiger partial charge < -0.3 is 20.1 Å². The molecule has 2 amide bonds. The summed E-state index contributed by atoms with van der Waals surface area (Å²) in [5.41, 5.74) is 0.642. The van der Waals surface area contributed by atoms with Crippen LogP contribution in [0.25, 0.3) is 0 Å². The number of sulfonamides is 1. The zero-order valence-electron chi connectivity index (χ0n) is 23.9. The highest BCUT2D eigenvalue weighted by atomic mass is 32.2. The van der Waals surface area contributed by atoms with Gasteiger partial charge in [0.2, 0.25) is 5.91 Å². The molecule has 0 fully saturated rings. The molecule has 44 heavy (non-hydrogen) atoms. The molecule has 13 heteroatoms. The molecule has 0 saturated carbocycles. The van der Waals surface area contributed by atoms with Gasteiger partial charge in [0, 0.05) is 18.7 Å². The Balaban J connectivity index is 1.63. The van der Waals surface area contributed by atoms with E-state index < -0.39 is 43.9 Å². The number of hydrogen-bond acceptors (Lipinski definition) is 8. The summed E-state index contributed by atoms with van der Waals surface area (Å²) in [5, 5.41) is 17.2. The molecule has 0 aliphatic rings. The zero-order valence-corrected chi connectivity index (χ0v) is 24.7. The van der Waals surface area contributed by atoms with Crippen molar-refractivity contribution in [2.75, 3.05) is 36.9 Å². The molecule has 228 valence electrons. The van der Waals surface area contributed by atoms with Crippen LogP contribution in [0, 0.1) is 10.1 Å². The standard InChI is InChI=1S/C31H30N4O8S/c1-42-23-16-17-26(28(20-23)43-2)34(44(40,41)29-15-9-8-14-27(29)35(38)39)21-30(36)33-25-13-7-6-12-24(25)31(37)32-19-18-22-10-4-3-5-11-22/h3-17,20H,18-19,21H2,1-2H3,(H,32,37)(H,33,36). The molecule has 2 N–H and O–H groups in total. The largest absolute Gasteiger partial charge is 0.497 e. The maximum Gasteiger partial charge on any atom is 0.289 e. The number of nitro benzene ring substituents is 1. The van der Waals surface area contributed by atoms with Gasteiger partial charge in [-0.15, -0.1) is 0 Å². The number of carbonyl (C=O) groups excluding carboxylic acids is 2. The normalized spacial score (nSPS) is 10.9. The SMILES string of the molecule is COc1ccc(N(CC(=O)Nc2ccccc2C(=O)NCCc2ccccc2)S(=O)(=O)c2ccccc2[N+](=O)[O-])c(OC)c1.